The van der Waals surface area contributed by atoms with Crippen LogP contribution in [0.25, 0.3) is 0 Å². The van der Waals surface area contributed by atoms with Crippen molar-refractivity contribution in [1.29, 1.82) is 0 Å². The Morgan fingerprint density at radius 3 is 3.00 bits per heavy atom. The fraction of sp³-hybridized carbons (Fsp3) is 0.615. The van der Waals surface area contributed by atoms with Crippen LogP contribution in [0.2, 0.25) is 0 Å². The Morgan fingerprint density at radius 1 is 1.47 bits per heavy atom. The van der Waals surface area contributed by atoms with E-state index in [1.165, 1.54) is 24.8 Å². The molecule has 3 unspecified atom stereocenters. The van der Waals surface area contributed by atoms with Crippen molar-refractivity contribution in [1.82, 2.24) is 4.98 Å². The maximum absolute atomic E-state index is 6.06. The highest BCUT2D eigenvalue weighted by Crippen LogP contribution is 2.38. The van der Waals surface area contributed by atoms with Crippen LogP contribution < -0.4 is 5.73 Å². The Hall–Kier alpha value is -0.890. The van der Waals surface area contributed by atoms with Crippen LogP contribution in [-0.2, 0) is 0 Å². The first-order valence-electron chi connectivity index (χ1n) is 5.96. The molecule has 2 nitrogen and oxygen atoms in total. The van der Waals surface area contributed by atoms with Crippen molar-refractivity contribution in [2.75, 3.05) is 0 Å². The summed E-state index contributed by atoms with van der Waals surface area (Å²) in [6.45, 7) is 2.28. The third kappa shape index (κ3) is 2.37. The summed E-state index contributed by atoms with van der Waals surface area (Å²) in [5.41, 5.74) is 7.43. The summed E-state index contributed by atoms with van der Waals surface area (Å²) in [7, 11) is 0. The first-order chi connectivity index (χ1) is 7.31. The van der Waals surface area contributed by atoms with E-state index in [9.17, 15) is 0 Å². The summed E-state index contributed by atoms with van der Waals surface area (Å²) >= 11 is 0. The minimum Gasteiger partial charge on any atom is -0.328 e. The average molecular weight is 204 g/mol. The van der Waals surface area contributed by atoms with E-state index in [-0.39, 0.29) is 0 Å². The van der Waals surface area contributed by atoms with Crippen molar-refractivity contribution in [2.24, 2.45) is 11.7 Å². The van der Waals surface area contributed by atoms with E-state index in [2.05, 4.69) is 18.0 Å². The van der Waals surface area contributed by atoms with Crippen molar-refractivity contribution in [2.45, 2.75) is 44.6 Å². The summed E-state index contributed by atoms with van der Waals surface area (Å²) in [5.74, 6) is 1.43. The lowest BCUT2D eigenvalue weighted by molar-refractivity contribution is 0.273. The molecule has 2 heteroatoms. The van der Waals surface area contributed by atoms with Gasteiger partial charge in [0.15, 0.2) is 0 Å². The molecule has 0 aromatic carbocycles. The van der Waals surface area contributed by atoms with Crippen LogP contribution >= 0.6 is 0 Å². The molecule has 2 rings (SSSR count). The van der Waals surface area contributed by atoms with Gasteiger partial charge >= 0.3 is 0 Å². The highest BCUT2D eigenvalue weighted by molar-refractivity contribution is 5.17. The van der Waals surface area contributed by atoms with E-state index < -0.39 is 0 Å². The van der Waals surface area contributed by atoms with E-state index in [0.29, 0.717) is 12.0 Å². The van der Waals surface area contributed by atoms with E-state index in [1.807, 2.05) is 18.5 Å². The predicted octanol–water partition coefficient (Wildman–Crippen LogP) is 2.70. The molecule has 1 aliphatic carbocycles. The van der Waals surface area contributed by atoms with Crippen LogP contribution in [0.3, 0.4) is 0 Å². The molecule has 15 heavy (non-hydrogen) atoms. The Labute approximate surface area is 91.9 Å². The van der Waals surface area contributed by atoms with Gasteiger partial charge in [-0.15, -0.1) is 0 Å². The summed E-state index contributed by atoms with van der Waals surface area (Å²) in [5, 5.41) is 0. The first-order valence-corrected chi connectivity index (χ1v) is 5.96. The largest absolute Gasteiger partial charge is 0.328 e. The first kappa shape index (κ1) is 10.6. The van der Waals surface area contributed by atoms with E-state index in [0.717, 1.165) is 12.3 Å². The molecule has 0 spiro atoms. The number of hydrogen-bond donors (Lipinski definition) is 1. The van der Waals surface area contributed by atoms with Crippen molar-refractivity contribution in [3.8, 4) is 0 Å². The second kappa shape index (κ2) is 4.75. The molecule has 1 saturated carbocycles. The molecule has 1 fully saturated rings. The number of nitrogens with zero attached hydrogens (tertiary/aromatic N) is 1. The molecule has 1 aromatic rings. The van der Waals surface area contributed by atoms with Gasteiger partial charge in [-0.2, -0.15) is 0 Å². The summed E-state index contributed by atoms with van der Waals surface area (Å²) < 4.78 is 0. The molecular weight excluding hydrogens is 184 g/mol. The third-order valence-corrected chi connectivity index (χ3v) is 3.67. The number of rotatable bonds is 2. The minimum atomic E-state index is 0.387. The molecule has 0 aliphatic heterocycles. The quantitative estimate of drug-likeness (QED) is 0.804. The predicted molar refractivity (Wildman–Crippen MR) is 62.6 cm³/mol. The molecule has 0 amide bonds. The van der Waals surface area contributed by atoms with Crippen LogP contribution in [0, 0.1) is 5.92 Å². The highest BCUT2D eigenvalue weighted by Gasteiger charge is 2.28. The second-order valence-corrected chi connectivity index (χ2v) is 4.63. The van der Waals surface area contributed by atoms with Gasteiger partial charge in [0.05, 0.1) is 0 Å². The van der Waals surface area contributed by atoms with E-state index >= 15 is 0 Å². The second-order valence-electron chi connectivity index (χ2n) is 4.63. The average Bonchev–Trinajstić information content (AvgIpc) is 2.30. The van der Waals surface area contributed by atoms with E-state index in [1.54, 1.807) is 0 Å². The Morgan fingerprint density at radius 2 is 2.33 bits per heavy atom. The Kier molecular flexibility index (Phi) is 3.37. The lowest BCUT2D eigenvalue weighted by atomic mass is 9.73. The molecule has 2 N–H and O–H groups in total. The van der Waals surface area contributed by atoms with Gasteiger partial charge in [0, 0.05) is 18.4 Å². The molecule has 1 aliphatic rings. The smallest absolute Gasteiger partial charge is 0.0302 e. The molecule has 1 aromatic heterocycles. The number of hydrogen-bond acceptors (Lipinski definition) is 2. The van der Waals surface area contributed by atoms with Gasteiger partial charge in [0.1, 0.15) is 0 Å². The van der Waals surface area contributed by atoms with Gasteiger partial charge in [-0.25, -0.2) is 0 Å². The molecule has 0 radical (unpaired) electrons. The van der Waals surface area contributed by atoms with Crippen LogP contribution in [-0.4, -0.2) is 11.0 Å². The molecular formula is C13H20N2. The van der Waals surface area contributed by atoms with Crippen LogP contribution in [0.1, 0.15) is 44.1 Å². The normalized spacial score (nSPS) is 31.5. The molecule has 82 valence electrons. The monoisotopic (exact) mass is 204 g/mol. The third-order valence-electron chi connectivity index (χ3n) is 3.67. The maximum Gasteiger partial charge on any atom is 0.0302 e. The zero-order valence-corrected chi connectivity index (χ0v) is 9.39. The topological polar surface area (TPSA) is 38.9 Å². The maximum atomic E-state index is 6.06. The van der Waals surface area contributed by atoms with Crippen molar-refractivity contribution in [3.05, 3.63) is 30.1 Å². The molecule has 0 bridgehead atoms. The SMILES string of the molecule is CCC1CCC(N)CC1c1cccnc1. The fourth-order valence-electron chi connectivity index (χ4n) is 2.76. The standard InChI is InChI=1S/C13H20N2/c1-2-10-5-6-12(14)8-13(10)11-4-3-7-15-9-11/h3-4,7,9-10,12-13H,2,5-6,8,14H2,1H3. The lowest BCUT2D eigenvalue weighted by Crippen LogP contribution is -2.32. The van der Waals surface area contributed by atoms with Crippen LogP contribution in [0.15, 0.2) is 24.5 Å². The Balaban J connectivity index is 2.17. The van der Waals surface area contributed by atoms with Gasteiger partial charge in [-0.3, -0.25) is 4.98 Å². The van der Waals surface area contributed by atoms with Gasteiger partial charge in [0.2, 0.25) is 0 Å². The zero-order valence-electron chi connectivity index (χ0n) is 9.39. The van der Waals surface area contributed by atoms with Gasteiger partial charge in [-0.1, -0.05) is 19.4 Å². The van der Waals surface area contributed by atoms with Gasteiger partial charge in [-0.05, 0) is 42.7 Å². The summed E-state index contributed by atoms with van der Waals surface area (Å²) in [4.78, 5) is 4.21. The zero-order chi connectivity index (χ0) is 10.7. The number of nitrogens with two attached hydrogens (primary N) is 1. The van der Waals surface area contributed by atoms with Crippen LogP contribution in [0.5, 0.6) is 0 Å². The van der Waals surface area contributed by atoms with Crippen molar-refractivity contribution in [3.63, 3.8) is 0 Å². The minimum absolute atomic E-state index is 0.387. The summed E-state index contributed by atoms with van der Waals surface area (Å²) in [6, 6.07) is 4.61. The molecule has 0 saturated heterocycles. The number of aromatic nitrogens is 1. The van der Waals surface area contributed by atoms with Gasteiger partial charge < -0.3 is 5.73 Å². The number of pyridine rings is 1. The lowest BCUT2D eigenvalue weighted by Gasteiger charge is -2.34. The highest BCUT2D eigenvalue weighted by atomic mass is 14.7. The van der Waals surface area contributed by atoms with Gasteiger partial charge in [0.25, 0.3) is 0 Å². The fourth-order valence-corrected chi connectivity index (χ4v) is 2.76. The molecule has 3 atom stereocenters. The van der Waals surface area contributed by atoms with Crippen molar-refractivity contribution >= 4 is 0 Å². The molecule has 1 heterocycles. The van der Waals surface area contributed by atoms with Crippen molar-refractivity contribution < 1.29 is 0 Å². The Bertz CT molecular complexity index is 297. The van der Waals surface area contributed by atoms with E-state index in [4.69, 9.17) is 5.73 Å². The summed E-state index contributed by atoms with van der Waals surface area (Å²) in [6.07, 6.45) is 8.70. The van der Waals surface area contributed by atoms with Crippen LogP contribution in [0.4, 0.5) is 0 Å².